The van der Waals surface area contributed by atoms with Crippen molar-refractivity contribution in [2.24, 2.45) is 0 Å². The molecule has 1 N–H and O–H groups in total. The second-order valence-corrected chi connectivity index (χ2v) is 8.78. The largest absolute Gasteiger partial charge is 0.337 e. The Morgan fingerprint density at radius 1 is 1.06 bits per heavy atom. The van der Waals surface area contributed by atoms with Gasteiger partial charge in [0, 0.05) is 42.0 Å². The Labute approximate surface area is 184 Å². The molecule has 0 radical (unpaired) electrons. The van der Waals surface area contributed by atoms with Crippen LogP contribution in [0.25, 0.3) is 0 Å². The van der Waals surface area contributed by atoms with Crippen molar-refractivity contribution in [2.75, 3.05) is 11.8 Å². The summed E-state index contributed by atoms with van der Waals surface area (Å²) in [6.45, 7) is 0.319. The summed E-state index contributed by atoms with van der Waals surface area (Å²) in [7, 11) is -2.39. The van der Waals surface area contributed by atoms with E-state index in [4.69, 9.17) is 11.6 Å². The van der Waals surface area contributed by atoms with E-state index in [0.717, 1.165) is 11.6 Å². The zero-order chi connectivity index (χ0) is 22.6. The first-order valence-electron chi connectivity index (χ1n) is 9.03. The number of hydrogen-bond acceptors (Lipinski definition) is 5. The molecule has 10 heteroatoms. The van der Waals surface area contributed by atoms with E-state index in [2.05, 4.69) is 4.72 Å². The zero-order valence-corrected chi connectivity index (χ0v) is 17.9. The van der Waals surface area contributed by atoms with Crippen molar-refractivity contribution >= 4 is 38.9 Å². The van der Waals surface area contributed by atoms with Gasteiger partial charge in [-0.05, 0) is 42.0 Å². The van der Waals surface area contributed by atoms with Crippen LogP contribution in [0.1, 0.15) is 15.9 Å². The minimum atomic E-state index is -4.03. The molecule has 0 spiro atoms. The van der Waals surface area contributed by atoms with Crippen molar-refractivity contribution in [1.29, 1.82) is 0 Å². The number of nitro benzene ring substituents is 1. The van der Waals surface area contributed by atoms with E-state index in [9.17, 15) is 23.3 Å². The average molecular weight is 460 g/mol. The number of nitro groups is 1. The summed E-state index contributed by atoms with van der Waals surface area (Å²) in [4.78, 5) is 24.1. The number of anilines is 1. The fourth-order valence-corrected chi connectivity index (χ4v) is 4.13. The van der Waals surface area contributed by atoms with Crippen LogP contribution in [0, 0.1) is 10.1 Å². The van der Waals surface area contributed by atoms with Gasteiger partial charge < -0.3 is 4.90 Å². The molecular weight excluding hydrogens is 442 g/mol. The average Bonchev–Trinajstić information content (AvgIpc) is 2.75. The quantitative estimate of drug-likeness (QED) is 0.418. The number of carbonyl (C=O) groups excluding carboxylic acids is 1. The first kappa shape index (κ1) is 22.3. The molecule has 0 aliphatic rings. The Morgan fingerprint density at radius 2 is 1.74 bits per heavy atom. The summed E-state index contributed by atoms with van der Waals surface area (Å²) in [5, 5.41) is 11.4. The molecule has 0 fully saturated rings. The van der Waals surface area contributed by atoms with Crippen LogP contribution in [0.3, 0.4) is 0 Å². The molecule has 31 heavy (non-hydrogen) atoms. The van der Waals surface area contributed by atoms with Crippen LogP contribution in [0.4, 0.5) is 11.4 Å². The maximum absolute atomic E-state index is 12.7. The third-order valence-corrected chi connectivity index (χ3v) is 6.18. The molecule has 0 unspecified atom stereocenters. The van der Waals surface area contributed by atoms with Crippen molar-refractivity contribution in [1.82, 2.24) is 4.90 Å². The lowest BCUT2D eigenvalue weighted by atomic mass is 10.1. The van der Waals surface area contributed by atoms with E-state index >= 15 is 0 Å². The summed E-state index contributed by atoms with van der Waals surface area (Å²) < 4.78 is 27.4. The fraction of sp³-hybridized carbons (Fsp3) is 0.0952. The smallest absolute Gasteiger partial charge is 0.270 e. The number of halogens is 1. The lowest BCUT2D eigenvalue weighted by Crippen LogP contribution is -2.26. The molecule has 0 atom stereocenters. The molecule has 8 nitrogen and oxygen atoms in total. The molecule has 0 aliphatic carbocycles. The van der Waals surface area contributed by atoms with Gasteiger partial charge in [0.15, 0.2) is 0 Å². The van der Waals surface area contributed by atoms with E-state index in [1.165, 1.54) is 47.4 Å². The predicted molar refractivity (Wildman–Crippen MR) is 118 cm³/mol. The summed E-state index contributed by atoms with van der Waals surface area (Å²) in [5.74, 6) is -0.256. The first-order valence-corrected chi connectivity index (χ1v) is 10.9. The third kappa shape index (κ3) is 5.39. The van der Waals surface area contributed by atoms with Crippen molar-refractivity contribution < 1.29 is 18.1 Å². The summed E-state index contributed by atoms with van der Waals surface area (Å²) in [6.07, 6.45) is 0. The van der Waals surface area contributed by atoms with Crippen LogP contribution in [-0.2, 0) is 16.6 Å². The highest BCUT2D eigenvalue weighted by Gasteiger charge is 2.18. The van der Waals surface area contributed by atoms with Crippen LogP contribution in [0.5, 0.6) is 0 Å². The molecule has 3 rings (SSSR count). The highest BCUT2D eigenvalue weighted by atomic mass is 35.5. The lowest BCUT2D eigenvalue weighted by Gasteiger charge is -2.18. The highest BCUT2D eigenvalue weighted by Crippen LogP contribution is 2.22. The van der Waals surface area contributed by atoms with Gasteiger partial charge in [0.2, 0.25) is 0 Å². The number of sulfonamides is 1. The fourth-order valence-electron chi connectivity index (χ4n) is 2.83. The molecule has 1 amide bonds. The third-order valence-electron chi connectivity index (χ3n) is 4.43. The van der Waals surface area contributed by atoms with Crippen molar-refractivity contribution in [2.45, 2.75) is 11.4 Å². The second-order valence-electron chi connectivity index (χ2n) is 6.69. The topological polar surface area (TPSA) is 110 Å². The van der Waals surface area contributed by atoms with Crippen LogP contribution in [0.15, 0.2) is 77.7 Å². The molecule has 0 saturated heterocycles. The van der Waals surface area contributed by atoms with Crippen molar-refractivity contribution in [3.63, 3.8) is 0 Å². The highest BCUT2D eigenvalue weighted by molar-refractivity contribution is 7.92. The Bertz CT molecular complexity index is 1230. The Hall–Kier alpha value is -3.43. The van der Waals surface area contributed by atoms with E-state index in [1.807, 2.05) is 12.1 Å². The van der Waals surface area contributed by atoms with E-state index in [-0.39, 0.29) is 22.2 Å². The molecule has 160 valence electrons. The number of non-ortho nitro benzene ring substituents is 1. The molecule has 0 heterocycles. The zero-order valence-electron chi connectivity index (χ0n) is 16.4. The Kier molecular flexibility index (Phi) is 6.57. The van der Waals surface area contributed by atoms with Gasteiger partial charge in [-0.25, -0.2) is 8.42 Å². The van der Waals surface area contributed by atoms with Gasteiger partial charge in [-0.2, -0.15) is 0 Å². The summed E-state index contributed by atoms with van der Waals surface area (Å²) in [6, 6.07) is 17.9. The van der Waals surface area contributed by atoms with Gasteiger partial charge in [-0.3, -0.25) is 19.6 Å². The maximum atomic E-state index is 12.7. The predicted octanol–water partition coefficient (Wildman–Crippen LogP) is 4.32. The Balaban J connectivity index is 1.72. The Morgan fingerprint density at radius 3 is 2.39 bits per heavy atom. The van der Waals surface area contributed by atoms with Gasteiger partial charge in [-0.1, -0.05) is 35.9 Å². The standard InChI is InChI=1S/C21H18ClN3O5S/c1-24(14-16-5-2-3-8-20(16)22)21(26)15-9-11-17(12-10-15)23-31(29,30)19-7-4-6-18(13-19)25(27)28/h2-13,23H,14H2,1H3. The van der Waals surface area contributed by atoms with Gasteiger partial charge >= 0.3 is 0 Å². The van der Waals surface area contributed by atoms with Gasteiger partial charge in [0.25, 0.3) is 21.6 Å². The number of rotatable bonds is 7. The summed E-state index contributed by atoms with van der Waals surface area (Å²) >= 11 is 6.14. The lowest BCUT2D eigenvalue weighted by molar-refractivity contribution is -0.385. The number of nitrogens with zero attached hydrogens (tertiary/aromatic N) is 2. The minimum absolute atomic E-state index is 0.219. The van der Waals surface area contributed by atoms with Crippen LogP contribution in [-0.4, -0.2) is 31.2 Å². The second kappa shape index (κ2) is 9.15. The SMILES string of the molecule is CN(Cc1ccccc1Cl)C(=O)c1ccc(NS(=O)(=O)c2cccc([N+](=O)[O-])c2)cc1. The number of benzene rings is 3. The molecule has 0 saturated carbocycles. The minimum Gasteiger partial charge on any atom is -0.337 e. The van der Waals surface area contributed by atoms with E-state index < -0.39 is 14.9 Å². The van der Waals surface area contributed by atoms with E-state index in [0.29, 0.717) is 17.1 Å². The van der Waals surface area contributed by atoms with Crippen LogP contribution >= 0.6 is 11.6 Å². The molecule has 3 aromatic rings. The normalized spacial score (nSPS) is 11.0. The van der Waals surface area contributed by atoms with E-state index in [1.54, 1.807) is 19.2 Å². The molecule has 0 aliphatic heterocycles. The van der Waals surface area contributed by atoms with Gasteiger partial charge in [0.1, 0.15) is 0 Å². The van der Waals surface area contributed by atoms with Gasteiger partial charge in [0.05, 0.1) is 9.82 Å². The van der Waals surface area contributed by atoms with Crippen LogP contribution < -0.4 is 4.72 Å². The maximum Gasteiger partial charge on any atom is 0.270 e. The molecular formula is C21H18ClN3O5S. The molecule has 3 aromatic carbocycles. The van der Waals surface area contributed by atoms with Crippen molar-refractivity contribution in [3.8, 4) is 0 Å². The number of carbonyl (C=O) groups is 1. The van der Waals surface area contributed by atoms with Crippen molar-refractivity contribution in [3.05, 3.63) is 99.1 Å². The first-order chi connectivity index (χ1) is 14.7. The van der Waals surface area contributed by atoms with Gasteiger partial charge in [-0.15, -0.1) is 0 Å². The monoisotopic (exact) mass is 459 g/mol. The summed E-state index contributed by atoms with van der Waals surface area (Å²) in [5.41, 5.74) is 1.07. The van der Waals surface area contributed by atoms with Crippen LogP contribution in [0.2, 0.25) is 5.02 Å². The number of hydrogen-bond donors (Lipinski definition) is 1. The molecule has 0 bridgehead atoms. The number of amides is 1. The number of nitrogens with one attached hydrogen (secondary N) is 1. The molecule has 0 aromatic heterocycles.